The molecular weight excluding hydrogens is 1060 g/mol. The largest absolute Gasteiger partial charge is 0.756 e. The molecule has 84 heavy (non-hydrogen) atoms. The number of carbonyl (C=O) groups is 1. The van der Waals surface area contributed by atoms with E-state index in [9.17, 15) is 19.4 Å². The van der Waals surface area contributed by atoms with Crippen LogP contribution in [0.4, 0.5) is 0 Å². The van der Waals surface area contributed by atoms with Gasteiger partial charge in [-0.25, -0.2) is 0 Å². The van der Waals surface area contributed by atoms with Gasteiger partial charge in [-0.3, -0.25) is 9.36 Å². The number of phosphoric acid groups is 1. The number of nitrogens with one attached hydrogen (secondary N) is 1. The predicted octanol–water partition coefficient (Wildman–Crippen LogP) is 23.4. The van der Waals surface area contributed by atoms with Crippen molar-refractivity contribution in [2.75, 3.05) is 40.9 Å². The number of likely N-dealkylation sites (N-methyl/N-ethyl adjacent to an activating group) is 1. The van der Waals surface area contributed by atoms with Crippen LogP contribution in [0.5, 0.6) is 0 Å². The maximum absolute atomic E-state index is 13.1. The van der Waals surface area contributed by atoms with Gasteiger partial charge < -0.3 is 28.8 Å². The molecule has 0 fully saturated rings. The van der Waals surface area contributed by atoms with Crippen molar-refractivity contribution in [3.63, 3.8) is 0 Å². The first kappa shape index (κ1) is 82.7. The maximum atomic E-state index is 13.1. The molecule has 0 aliphatic carbocycles. The fourth-order valence-corrected chi connectivity index (χ4v) is 12.3. The number of quaternary nitrogens is 1. The molecule has 0 radical (unpaired) electrons. The molecule has 3 unspecified atom stereocenters. The molecule has 498 valence electrons. The second-order valence-corrected chi connectivity index (χ2v) is 28.4. The van der Waals surface area contributed by atoms with Gasteiger partial charge in [0.05, 0.1) is 39.9 Å². The highest BCUT2D eigenvalue weighted by atomic mass is 31.2. The van der Waals surface area contributed by atoms with Gasteiger partial charge in [-0.2, -0.15) is 0 Å². The van der Waals surface area contributed by atoms with E-state index in [1.54, 1.807) is 6.08 Å². The number of phosphoric ester groups is 1. The lowest BCUT2D eigenvalue weighted by molar-refractivity contribution is -0.870. The van der Waals surface area contributed by atoms with Gasteiger partial charge in [-0.05, 0) is 51.4 Å². The molecule has 0 rings (SSSR count). The molecule has 0 aromatic rings. The fourth-order valence-electron chi connectivity index (χ4n) is 11.5. The fraction of sp³-hybridized carbons (Fsp3) is 0.907. The van der Waals surface area contributed by atoms with Gasteiger partial charge in [0.2, 0.25) is 5.91 Å². The van der Waals surface area contributed by atoms with Gasteiger partial charge in [0.15, 0.2) is 0 Å². The van der Waals surface area contributed by atoms with Crippen molar-refractivity contribution in [3.8, 4) is 0 Å². The number of amides is 1. The SMILES string of the molecule is CCCCCCC/C=C\C/C=C\CCCCCCCCCCCCCCCCCCCCCCCC(=O)NC(COP(=O)([O-])OCC[N+](C)(C)C)C(O)/C=C/CCCCCCCCCCCCCCCCCCCCCCCCCCCCC. The quantitative estimate of drug-likeness (QED) is 0.0272. The summed E-state index contributed by atoms with van der Waals surface area (Å²) < 4.78 is 23.5. The molecule has 0 bridgehead atoms. The first-order chi connectivity index (χ1) is 41.0. The van der Waals surface area contributed by atoms with E-state index in [1.165, 1.54) is 321 Å². The Kier molecular flexibility index (Phi) is 65.1. The van der Waals surface area contributed by atoms with Crippen molar-refractivity contribution < 1.29 is 32.9 Å². The number of hydrogen-bond donors (Lipinski definition) is 2. The molecule has 0 aliphatic rings. The Balaban J connectivity index is 4.00. The molecule has 0 heterocycles. The molecule has 0 spiro atoms. The molecule has 2 N–H and O–H groups in total. The van der Waals surface area contributed by atoms with E-state index in [0.29, 0.717) is 17.4 Å². The Morgan fingerprint density at radius 1 is 0.417 bits per heavy atom. The summed E-state index contributed by atoms with van der Waals surface area (Å²) in [5.74, 6) is -0.189. The molecule has 1 amide bonds. The van der Waals surface area contributed by atoms with Gasteiger partial charge >= 0.3 is 0 Å². The minimum atomic E-state index is -4.60. The minimum absolute atomic E-state index is 0.00137. The number of rotatable bonds is 70. The third kappa shape index (κ3) is 68.2. The molecule has 0 saturated heterocycles. The number of nitrogens with zero attached hydrogens (tertiary/aromatic N) is 1. The van der Waals surface area contributed by atoms with E-state index in [0.717, 1.165) is 44.9 Å². The molecule has 0 saturated carbocycles. The summed E-state index contributed by atoms with van der Waals surface area (Å²) in [4.78, 5) is 25.7. The van der Waals surface area contributed by atoms with Gasteiger partial charge in [-0.15, -0.1) is 0 Å². The normalized spacial score (nSPS) is 13.8. The Morgan fingerprint density at radius 3 is 0.988 bits per heavy atom. The van der Waals surface area contributed by atoms with Crippen molar-refractivity contribution in [2.24, 2.45) is 0 Å². The second-order valence-electron chi connectivity index (χ2n) is 27.0. The van der Waals surface area contributed by atoms with Crippen LogP contribution in [0.1, 0.15) is 386 Å². The van der Waals surface area contributed by atoms with E-state index in [2.05, 4.69) is 43.5 Å². The van der Waals surface area contributed by atoms with Crippen LogP contribution in [0.15, 0.2) is 36.5 Å². The zero-order valence-corrected chi connectivity index (χ0v) is 58.0. The van der Waals surface area contributed by atoms with Gasteiger partial charge in [0.25, 0.3) is 7.82 Å². The van der Waals surface area contributed by atoms with Crippen LogP contribution in [0.25, 0.3) is 0 Å². The maximum Gasteiger partial charge on any atom is 0.268 e. The molecule has 0 aliphatic heterocycles. The number of hydrogen-bond acceptors (Lipinski definition) is 6. The molecular formula is C75H147N2O6P. The van der Waals surface area contributed by atoms with Crippen molar-refractivity contribution in [3.05, 3.63) is 36.5 Å². The Morgan fingerprint density at radius 2 is 0.690 bits per heavy atom. The highest BCUT2D eigenvalue weighted by Crippen LogP contribution is 2.38. The zero-order chi connectivity index (χ0) is 61.2. The molecule has 9 heteroatoms. The summed E-state index contributed by atoms with van der Waals surface area (Å²) in [6.07, 6.45) is 88.6. The zero-order valence-electron chi connectivity index (χ0n) is 57.1. The van der Waals surface area contributed by atoms with Crippen LogP contribution in [0.3, 0.4) is 0 Å². The second kappa shape index (κ2) is 66.1. The van der Waals surface area contributed by atoms with Crippen LogP contribution in [0.2, 0.25) is 0 Å². The summed E-state index contributed by atoms with van der Waals surface area (Å²) in [7, 11) is 1.28. The van der Waals surface area contributed by atoms with Crippen LogP contribution in [-0.4, -0.2) is 68.5 Å². The Labute approximate surface area is 525 Å². The lowest BCUT2D eigenvalue weighted by Gasteiger charge is -2.29. The molecule has 0 aromatic heterocycles. The monoisotopic (exact) mass is 1200 g/mol. The Bertz CT molecular complexity index is 1460. The minimum Gasteiger partial charge on any atom is -0.756 e. The van der Waals surface area contributed by atoms with Gasteiger partial charge in [-0.1, -0.05) is 365 Å². The third-order valence-electron chi connectivity index (χ3n) is 17.3. The summed E-state index contributed by atoms with van der Waals surface area (Å²) in [6.45, 7) is 4.70. The smallest absolute Gasteiger partial charge is 0.268 e. The van der Waals surface area contributed by atoms with Crippen LogP contribution in [-0.2, 0) is 18.4 Å². The highest BCUT2D eigenvalue weighted by molar-refractivity contribution is 7.45. The first-order valence-electron chi connectivity index (χ1n) is 37.4. The van der Waals surface area contributed by atoms with Crippen molar-refractivity contribution in [2.45, 2.75) is 398 Å². The predicted molar refractivity (Wildman–Crippen MR) is 367 cm³/mol. The summed E-state index contributed by atoms with van der Waals surface area (Å²) in [6, 6.07) is -0.887. The lowest BCUT2D eigenvalue weighted by atomic mass is 10.0. The van der Waals surface area contributed by atoms with E-state index in [-0.39, 0.29) is 19.1 Å². The summed E-state index contributed by atoms with van der Waals surface area (Å²) in [5.41, 5.74) is 0. The average molecular weight is 1200 g/mol. The number of carbonyl (C=O) groups excluding carboxylic acids is 1. The van der Waals surface area contributed by atoms with Crippen molar-refractivity contribution in [1.82, 2.24) is 5.32 Å². The lowest BCUT2D eigenvalue weighted by Crippen LogP contribution is -2.45. The van der Waals surface area contributed by atoms with Crippen LogP contribution >= 0.6 is 7.82 Å². The first-order valence-corrected chi connectivity index (χ1v) is 38.8. The summed E-state index contributed by atoms with van der Waals surface area (Å²) >= 11 is 0. The highest BCUT2D eigenvalue weighted by Gasteiger charge is 2.23. The van der Waals surface area contributed by atoms with Gasteiger partial charge in [0, 0.05) is 6.42 Å². The van der Waals surface area contributed by atoms with E-state index >= 15 is 0 Å². The molecule has 8 nitrogen and oxygen atoms in total. The number of unbranched alkanes of at least 4 members (excludes halogenated alkanes) is 53. The average Bonchev–Trinajstić information content (AvgIpc) is 3.56. The van der Waals surface area contributed by atoms with Crippen LogP contribution in [0, 0.1) is 0 Å². The number of allylic oxidation sites excluding steroid dienone is 5. The van der Waals surface area contributed by atoms with E-state index in [4.69, 9.17) is 9.05 Å². The Hall–Kier alpha value is -1.28. The van der Waals surface area contributed by atoms with E-state index < -0.39 is 20.0 Å². The summed E-state index contributed by atoms with van der Waals surface area (Å²) in [5, 5.41) is 14.0. The van der Waals surface area contributed by atoms with Crippen molar-refractivity contribution >= 4 is 13.7 Å². The molecule has 0 aromatic carbocycles. The number of aliphatic hydroxyl groups excluding tert-OH is 1. The van der Waals surface area contributed by atoms with Gasteiger partial charge in [0.1, 0.15) is 13.2 Å². The third-order valence-corrected chi connectivity index (χ3v) is 18.3. The topological polar surface area (TPSA) is 108 Å². The van der Waals surface area contributed by atoms with E-state index in [1.807, 2.05) is 27.2 Å². The standard InChI is InChI=1S/C75H147N2O6P/c1-6-8-10-12-14-16-18-20-22-24-26-28-30-32-34-36-37-38-39-41-43-45-47-49-51-53-55-57-59-61-63-65-67-69-75(79)76-73(72-83-84(80,81)82-71-70-77(3,4)5)74(78)68-66-64-62-60-58-56-54-52-50-48-46-44-42-40-35-33-31-29-27-25-23-21-19-17-15-13-11-9-7-2/h18,20,24,26,66,68,73-74,78H,6-17,19,21-23,25,27-65,67,69-72H2,1-5H3,(H-,76,79,80,81)/b20-18-,26-24-,68-66+. The number of aliphatic hydroxyl groups is 1. The van der Waals surface area contributed by atoms with Crippen LogP contribution < -0.4 is 10.2 Å². The van der Waals surface area contributed by atoms with Crippen molar-refractivity contribution in [1.29, 1.82) is 0 Å². The molecule has 3 atom stereocenters.